The highest BCUT2D eigenvalue weighted by Gasteiger charge is 2.20. The fourth-order valence-corrected chi connectivity index (χ4v) is 4.09. The molecule has 9 heteroatoms. The Morgan fingerprint density at radius 3 is 2.31 bits per heavy atom. The zero-order valence-corrected chi connectivity index (χ0v) is 17.3. The van der Waals surface area contributed by atoms with Gasteiger partial charge in [-0.2, -0.15) is 8.42 Å². The van der Waals surface area contributed by atoms with Gasteiger partial charge in [0.15, 0.2) is 0 Å². The summed E-state index contributed by atoms with van der Waals surface area (Å²) in [5, 5.41) is 15.6. The zero-order chi connectivity index (χ0) is 22.7. The number of carbonyl (C=O) groups is 1. The summed E-state index contributed by atoms with van der Waals surface area (Å²) in [6, 6.07) is 23.3. The van der Waals surface area contributed by atoms with Gasteiger partial charge in [-0.3, -0.25) is 14.9 Å². The molecule has 0 fully saturated rings. The molecule has 0 unspecified atom stereocenters. The molecule has 0 heterocycles. The third-order valence-corrected chi connectivity index (χ3v) is 5.92. The van der Waals surface area contributed by atoms with Gasteiger partial charge in [0.05, 0.1) is 4.92 Å². The number of amides is 1. The Morgan fingerprint density at radius 2 is 1.56 bits per heavy atom. The fourth-order valence-electron chi connectivity index (χ4n) is 3.12. The standard InChI is InChI=1S/C23H16N2O6S/c26-23(24-22-10-3-6-16-5-1-2-9-21(16)22)17-11-13-19(14-12-17)31-32(29,30)20-8-4-7-18(15-20)25(27)28/h1-15H,(H,24,26). The molecule has 0 aliphatic heterocycles. The number of non-ortho nitro benzene ring substituents is 1. The lowest BCUT2D eigenvalue weighted by Gasteiger charge is -2.10. The Labute approximate surface area is 183 Å². The van der Waals surface area contributed by atoms with Gasteiger partial charge in [-0.1, -0.05) is 42.5 Å². The topological polar surface area (TPSA) is 116 Å². The summed E-state index contributed by atoms with van der Waals surface area (Å²) in [5.74, 6) is -0.396. The normalized spacial score (nSPS) is 11.1. The van der Waals surface area contributed by atoms with E-state index in [0.717, 1.165) is 16.8 Å². The number of nitrogens with zero attached hydrogens (tertiary/aromatic N) is 1. The molecule has 8 nitrogen and oxygen atoms in total. The summed E-state index contributed by atoms with van der Waals surface area (Å²) in [6.07, 6.45) is 0. The molecule has 1 amide bonds. The summed E-state index contributed by atoms with van der Waals surface area (Å²) >= 11 is 0. The number of nitro benzene ring substituents is 1. The summed E-state index contributed by atoms with van der Waals surface area (Å²) in [5.41, 5.74) is 0.592. The van der Waals surface area contributed by atoms with Crippen LogP contribution in [-0.2, 0) is 10.1 Å². The molecule has 4 aromatic carbocycles. The first-order valence-corrected chi connectivity index (χ1v) is 10.8. The molecular formula is C23H16N2O6S. The van der Waals surface area contributed by atoms with Crippen LogP contribution in [-0.4, -0.2) is 19.2 Å². The quantitative estimate of drug-likeness (QED) is 0.258. The minimum atomic E-state index is -4.28. The van der Waals surface area contributed by atoms with Crippen LogP contribution in [0.4, 0.5) is 11.4 Å². The van der Waals surface area contributed by atoms with Gasteiger partial charge in [-0.05, 0) is 41.8 Å². The van der Waals surface area contributed by atoms with Crippen LogP contribution in [0, 0.1) is 10.1 Å². The van der Waals surface area contributed by atoms with E-state index in [2.05, 4.69) is 5.32 Å². The highest BCUT2D eigenvalue weighted by Crippen LogP contribution is 2.25. The maximum absolute atomic E-state index is 12.6. The van der Waals surface area contributed by atoms with E-state index in [0.29, 0.717) is 11.3 Å². The van der Waals surface area contributed by atoms with Crippen LogP contribution in [0.1, 0.15) is 10.4 Å². The SMILES string of the molecule is O=C(Nc1cccc2ccccc12)c1ccc(OS(=O)(=O)c2cccc([N+](=O)[O-])c2)cc1. The van der Waals surface area contributed by atoms with Crippen molar-refractivity contribution >= 4 is 38.2 Å². The van der Waals surface area contributed by atoms with Gasteiger partial charge in [0, 0.05) is 28.8 Å². The van der Waals surface area contributed by atoms with Crippen LogP contribution in [0.15, 0.2) is 95.9 Å². The van der Waals surface area contributed by atoms with Crippen molar-refractivity contribution in [3.63, 3.8) is 0 Å². The Balaban J connectivity index is 1.51. The average molecular weight is 448 g/mol. The highest BCUT2D eigenvalue weighted by atomic mass is 32.2. The summed E-state index contributed by atoms with van der Waals surface area (Å²) in [7, 11) is -4.28. The molecule has 0 saturated heterocycles. The maximum Gasteiger partial charge on any atom is 0.339 e. The van der Waals surface area contributed by atoms with E-state index >= 15 is 0 Å². The molecule has 0 saturated carbocycles. The van der Waals surface area contributed by atoms with Gasteiger partial charge in [0.1, 0.15) is 10.6 Å². The first-order valence-electron chi connectivity index (χ1n) is 9.42. The number of rotatable bonds is 6. The number of anilines is 1. The minimum Gasteiger partial charge on any atom is -0.379 e. The molecule has 0 radical (unpaired) electrons. The monoisotopic (exact) mass is 448 g/mol. The van der Waals surface area contributed by atoms with E-state index in [1.54, 1.807) is 6.07 Å². The van der Waals surface area contributed by atoms with Crippen molar-refractivity contribution in [1.82, 2.24) is 0 Å². The molecule has 32 heavy (non-hydrogen) atoms. The molecule has 0 aliphatic rings. The van der Waals surface area contributed by atoms with Gasteiger partial charge < -0.3 is 9.50 Å². The second kappa shape index (κ2) is 8.48. The lowest BCUT2D eigenvalue weighted by molar-refractivity contribution is -0.385. The number of hydrogen-bond acceptors (Lipinski definition) is 6. The minimum absolute atomic E-state index is 0.0294. The molecule has 0 spiro atoms. The number of fused-ring (bicyclic) bond motifs is 1. The predicted octanol–water partition coefficient (Wildman–Crippen LogP) is 4.77. The molecule has 0 aromatic heterocycles. The number of benzene rings is 4. The zero-order valence-electron chi connectivity index (χ0n) is 16.5. The first kappa shape index (κ1) is 21.0. The Hall–Kier alpha value is -4.24. The van der Waals surface area contributed by atoms with Crippen molar-refractivity contribution < 1.29 is 22.3 Å². The van der Waals surface area contributed by atoms with Crippen molar-refractivity contribution in [1.29, 1.82) is 0 Å². The van der Waals surface area contributed by atoms with Crippen LogP contribution < -0.4 is 9.50 Å². The molecule has 1 N–H and O–H groups in total. The van der Waals surface area contributed by atoms with Gasteiger partial charge in [0.25, 0.3) is 11.6 Å². The third kappa shape index (κ3) is 4.42. The highest BCUT2D eigenvalue weighted by molar-refractivity contribution is 7.87. The van der Waals surface area contributed by atoms with Gasteiger partial charge in [-0.25, -0.2) is 0 Å². The number of nitro groups is 1. The number of nitrogens with one attached hydrogen (secondary N) is 1. The van der Waals surface area contributed by atoms with Crippen molar-refractivity contribution in [2.24, 2.45) is 0 Å². The van der Waals surface area contributed by atoms with Crippen molar-refractivity contribution in [3.05, 3.63) is 107 Å². The van der Waals surface area contributed by atoms with E-state index < -0.39 is 15.0 Å². The van der Waals surface area contributed by atoms with E-state index in [1.165, 1.54) is 42.5 Å². The van der Waals surface area contributed by atoms with Gasteiger partial charge >= 0.3 is 10.1 Å². The fraction of sp³-hybridized carbons (Fsp3) is 0. The Kier molecular flexibility index (Phi) is 5.57. The molecule has 160 valence electrons. The Morgan fingerprint density at radius 1 is 0.875 bits per heavy atom. The average Bonchev–Trinajstić information content (AvgIpc) is 2.79. The summed E-state index contributed by atoms with van der Waals surface area (Å²) < 4.78 is 29.9. The molecule has 4 aromatic rings. The van der Waals surface area contributed by atoms with E-state index in [-0.39, 0.29) is 22.2 Å². The van der Waals surface area contributed by atoms with E-state index in [9.17, 15) is 23.3 Å². The lowest BCUT2D eigenvalue weighted by Crippen LogP contribution is -2.13. The summed E-state index contributed by atoms with van der Waals surface area (Å²) in [6.45, 7) is 0. The van der Waals surface area contributed by atoms with Gasteiger partial charge in [0.2, 0.25) is 0 Å². The second-order valence-electron chi connectivity index (χ2n) is 6.80. The lowest BCUT2D eigenvalue weighted by atomic mass is 10.1. The van der Waals surface area contributed by atoms with Crippen LogP contribution in [0.25, 0.3) is 10.8 Å². The molecule has 0 bridgehead atoms. The van der Waals surface area contributed by atoms with E-state index in [4.69, 9.17) is 4.18 Å². The maximum atomic E-state index is 12.6. The van der Waals surface area contributed by atoms with Crippen LogP contribution >= 0.6 is 0 Å². The number of hydrogen-bond donors (Lipinski definition) is 1. The molecule has 4 rings (SSSR count). The van der Waals surface area contributed by atoms with Crippen molar-refractivity contribution in [3.8, 4) is 5.75 Å². The van der Waals surface area contributed by atoms with E-state index in [1.807, 2.05) is 36.4 Å². The first-order chi connectivity index (χ1) is 15.3. The predicted molar refractivity (Wildman–Crippen MR) is 119 cm³/mol. The Bertz CT molecular complexity index is 1430. The number of carbonyl (C=O) groups excluding carboxylic acids is 1. The largest absolute Gasteiger partial charge is 0.379 e. The van der Waals surface area contributed by atoms with Crippen molar-refractivity contribution in [2.45, 2.75) is 4.90 Å². The van der Waals surface area contributed by atoms with Crippen LogP contribution in [0.2, 0.25) is 0 Å². The second-order valence-corrected chi connectivity index (χ2v) is 8.34. The van der Waals surface area contributed by atoms with Crippen LogP contribution in [0.3, 0.4) is 0 Å². The molecule has 0 aliphatic carbocycles. The van der Waals surface area contributed by atoms with Gasteiger partial charge in [-0.15, -0.1) is 0 Å². The molecular weight excluding hydrogens is 432 g/mol. The molecule has 0 atom stereocenters. The smallest absolute Gasteiger partial charge is 0.339 e. The van der Waals surface area contributed by atoms with Crippen LogP contribution in [0.5, 0.6) is 5.75 Å². The summed E-state index contributed by atoms with van der Waals surface area (Å²) in [4.78, 5) is 22.5. The van der Waals surface area contributed by atoms with Crippen molar-refractivity contribution in [2.75, 3.05) is 5.32 Å². The third-order valence-electron chi connectivity index (χ3n) is 4.68.